The van der Waals surface area contributed by atoms with Gasteiger partial charge in [0, 0.05) is 19.5 Å². The predicted octanol–water partition coefficient (Wildman–Crippen LogP) is 3.01. The first-order valence-corrected chi connectivity index (χ1v) is 9.39. The maximum Gasteiger partial charge on any atom is 0.191 e. The lowest BCUT2D eigenvalue weighted by Gasteiger charge is -2.16. The Morgan fingerprint density at radius 1 is 1.21 bits per heavy atom. The Bertz CT molecular complexity index is 598. The minimum absolute atomic E-state index is 0.386. The molecule has 3 N–H and O–H groups in total. The summed E-state index contributed by atoms with van der Waals surface area (Å²) in [7, 11) is 0. The maximum absolute atomic E-state index is 10.2. The molecule has 2 aromatic rings. The standard InChI is InChI=1S/C19H27N3OS/c1-3-20-19(21-12-15(2)17-9-10-24-14-17)22-13-18(23)11-16-7-5-4-6-8-16/h4-10,14-15,18,23H,3,11-13H2,1-2H3,(H2,20,21,22). The highest BCUT2D eigenvalue weighted by Crippen LogP contribution is 2.16. The molecule has 0 saturated heterocycles. The molecule has 0 aliphatic heterocycles. The Morgan fingerprint density at radius 3 is 2.67 bits per heavy atom. The van der Waals surface area contributed by atoms with Gasteiger partial charge in [-0.2, -0.15) is 11.3 Å². The summed E-state index contributed by atoms with van der Waals surface area (Å²) in [4.78, 5) is 4.51. The Hall–Kier alpha value is -1.85. The third-order valence-electron chi connectivity index (χ3n) is 3.81. The summed E-state index contributed by atoms with van der Waals surface area (Å²) in [5.74, 6) is 1.18. The summed E-state index contributed by atoms with van der Waals surface area (Å²) in [5, 5.41) is 21.1. The molecule has 2 atom stereocenters. The molecule has 0 saturated carbocycles. The number of hydrogen-bond acceptors (Lipinski definition) is 3. The van der Waals surface area contributed by atoms with Crippen molar-refractivity contribution in [2.45, 2.75) is 32.3 Å². The van der Waals surface area contributed by atoms with Gasteiger partial charge in [0.1, 0.15) is 0 Å². The van der Waals surface area contributed by atoms with E-state index >= 15 is 0 Å². The molecule has 0 fully saturated rings. The van der Waals surface area contributed by atoms with Crippen LogP contribution in [0.1, 0.15) is 30.9 Å². The van der Waals surface area contributed by atoms with Crippen LogP contribution < -0.4 is 10.6 Å². The zero-order chi connectivity index (χ0) is 17.2. The van der Waals surface area contributed by atoms with E-state index in [1.165, 1.54) is 5.56 Å². The number of hydrogen-bond donors (Lipinski definition) is 3. The van der Waals surface area contributed by atoms with E-state index in [9.17, 15) is 5.11 Å². The van der Waals surface area contributed by atoms with Gasteiger partial charge >= 0.3 is 0 Å². The van der Waals surface area contributed by atoms with Crippen LogP contribution in [0.15, 0.2) is 52.2 Å². The van der Waals surface area contributed by atoms with Crippen molar-refractivity contribution >= 4 is 17.3 Å². The highest BCUT2D eigenvalue weighted by Gasteiger charge is 2.08. The van der Waals surface area contributed by atoms with Crippen molar-refractivity contribution in [2.75, 3.05) is 19.6 Å². The Kier molecular flexibility index (Phi) is 7.79. The number of nitrogens with one attached hydrogen (secondary N) is 2. The van der Waals surface area contributed by atoms with E-state index in [0.717, 1.165) is 24.6 Å². The minimum atomic E-state index is -0.475. The van der Waals surface area contributed by atoms with Crippen LogP contribution in [0.3, 0.4) is 0 Å². The molecule has 0 amide bonds. The summed E-state index contributed by atoms with van der Waals surface area (Å²) in [6.45, 7) is 6.24. The van der Waals surface area contributed by atoms with Gasteiger partial charge in [0.25, 0.3) is 0 Å². The average Bonchev–Trinajstić information content (AvgIpc) is 3.12. The first-order valence-electron chi connectivity index (χ1n) is 8.45. The molecule has 4 nitrogen and oxygen atoms in total. The van der Waals surface area contributed by atoms with Gasteiger partial charge in [0.2, 0.25) is 0 Å². The van der Waals surface area contributed by atoms with Crippen LogP contribution >= 0.6 is 11.3 Å². The third kappa shape index (κ3) is 6.34. The fraction of sp³-hybridized carbons (Fsp3) is 0.421. The summed E-state index contributed by atoms with van der Waals surface area (Å²) < 4.78 is 0. The van der Waals surface area contributed by atoms with E-state index in [1.54, 1.807) is 11.3 Å². The number of benzene rings is 1. The van der Waals surface area contributed by atoms with Crippen LogP contribution in [-0.4, -0.2) is 36.8 Å². The normalized spacial score (nSPS) is 14.2. The first kappa shape index (κ1) is 18.5. The summed E-state index contributed by atoms with van der Waals surface area (Å²) in [6.07, 6.45) is 0.145. The van der Waals surface area contributed by atoms with E-state index in [-0.39, 0.29) is 0 Å². The number of aliphatic hydroxyl groups excluding tert-OH is 1. The highest BCUT2D eigenvalue weighted by molar-refractivity contribution is 7.07. The van der Waals surface area contributed by atoms with Gasteiger partial charge in [-0.1, -0.05) is 37.3 Å². The largest absolute Gasteiger partial charge is 0.391 e. The average molecular weight is 346 g/mol. The Balaban J connectivity index is 1.83. The van der Waals surface area contributed by atoms with Crippen LogP contribution in [0.4, 0.5) is 0 Å². The zero-order valence-electron chi connectivity index (χ0n) is 14.4. The van der Waals surface area contributed by atoms with Gasteiger partial charge in [0.15, 0.2) is 5.96 Å². The van der Waals surface area contributed by atoms with Crippen molar-refractivity contribution < 1.29 is 5.11 Å². The van der Waals surface area contributed by atoms with Crippen molar-refractivity contribution in [1.82, 2.24) is 10.6 Å². The monoisotopic (exact) mass is 345 g/mol. The number of nitrogens with zero attached hydrogens (tertiary/aromatic N) is 1. The molecule has 5 heteroatoms. The molecule has 0 aliphatic carbocycles. The van der Waals surface area contributed by atoms with Crippen molar-refractivity contribution in [1.29, 1.82) is 0 Å². The first-order chi connectivity index (χ1) is 11.7. The van der Waals surface area contributed by atoms with E-state index in [0.29, 0.717) is 18.9 Å². The zero-order valence-corrected chi connectivity index (χ0v) is 15.2. The number of aliphatic hydroxyl groups is 1. The second-order valence-electron chi connectivity index (χ2n) is 5.90. The SMILES string of the molecule is CCNC(=NCC(O)Cc1ccccc1)NCC(C)c1ccsc1. The Labute approximate surface area is 148 Å². The predicted molar refractivity (Wildman–Crippen MR) is 103 cm³/mol. The molecule has 0 aliphatic rings. The second kappa shape index (κ2) is 10.1. The molecule has 1 aromatic heterocycles. The number of guanidine groups is 1. The van der Waals surface area contributed by atoms with Gasteiger partial charge < -0.3 is 15.7 Å². The van der Waals surface area contributed by atoms with Gasteiger partial charge in [-0.3, -0.25) is 4.99 Å². The van der Waals surface area contributed by atoms with E-state index in [1.807, 2.05) is 37.3 Å². The molecule has 1 heterocycles. The minimum Gasteiger partial charge on any atom is -0.391 e. The summed E-state index contributed by atoms with van der Waals surface area (Å²) >= 11 is 1.72. The van der Waals surface area contributed by atoms with E-state index in [4.69, 9.17) is 0 Å². The lowest BCUT2D eigenvalue weighted by molar-refractivity contribution is 0.183. The van der Waals surface area contributed by atoms with Crippen LogP contribution in [0.25, 0.3) is 0 Å². The van der Waals surface area contributed by atoms with Crippen LogP contribution in [-0.2, 0) is 6.42 Å². The van der Waals surface area contributed by atoms with E-state index in [2.05, 4.69) is 39.4 Å². The fourth-order valence-corrected chi connectivity index (χ4v) is 3.19. The summed E-state index contributed by atoms with van der Waals surface area (Å²) in [5.41, 5.74) is 2.47. The molecule has 130 valence electrons. The lowest BCUT2D eigenvalue weighted by atomic mass is 10.1. The highest BCUT2D eigenvalue weighted by atomic mass is 32.1. The molecule has 2 rings (SSSR count). The number of rotatable bonds is 8. The van der Waals surface area contributed by atoms with Crippen molar-refractivity contribution in [3.63, 3.8) is 0 Å². The molecule has 24 heavy (non-hydrogen) atoms. The number of thiophene rings is 1. The van der Waals surface area contributed by atoms with Crippen molar-refractivity contribution in [2.24, 2.45) is 4.99 Å². The molecular formula is C19H27N3OS. The maximum atomic E-state index is 10.2. The van der Waals surface area contributed by atoms with Crippen molar-refractivity contribution in [3.05, 3.63) is 58.3 Å². The molecule has 0 spiro atoms. The van der Waals surface area contributed by atoms with Crippen LogP contribution in [0.5, 0.6) is 0 Å². The fourth-order valence-electron chi connectivity index (χ4n) is 2.41. The van der Waals surface area contributed by atoms with Gasteiger partial charge in [0.05, 0.1) is 12.6 Å². The lowest BCUT2D eigenvalue weighted by Crippen LogP contribution is -2.39. The van der Waals surface area contributed by atoms with Crippen molar-refractivity contribution in [3.8, 4) is 0 Å². The van der Waals surface area contributed by atoms with Gasteiger partial charge in [-0.25, -0.2) is 0 Å². The topological polar surface area (TPSA) is 56.7 Å². The van der Waals surface area contributed by atoms with Crippen LogP contribution in [0, 0.1) is 0 Å². The molecule has 0 radical (unpaired) electrons. The quantitative estimate of drug-likeness (QED) is 0.509. The molecule has 0 bridgehead atoms. The summed E-state index contributed by atoms with van der Waals surface area (Å²) in [6, 6.07) is 12.2. The van der Waals surface area contributed by atoms with Gasteiger partial charge in [-0.15, -0.1) is 0 Å². The van der Waals surface area contributed by atoms with Crippen LogP contribution in [0.2, 0.25) is 0 Å². The smallest absolute Gasteiger partial charge is 0.191 e. The molecule has 1 aromatic carbocycles. The second-order valence-corrected chi connectivity index (χ2v) is 6.68. The number of aliphatic imine (C=N–C) groups is 1. The Morgan fingerprint density at radius 2 is 2.00 bits per heavy atom. The van der Waals surface area contributed by atoms with E-state index < -0.39 is 6.10 Å². The molecule has 2 unspecified atom stereocenters. The molecular weight excluding hydrogens is 318 g/mol. The van der Waals surface area contributed by atoms with Gasteiger partial charge in [-0.05, 0) is 40.8 Å². The third-order valence-corrected chi connectivity index (χ3v) is 4.51.